The number of thiophene rings is 1. The zero-order chi connectivity index (χ0) is 18.9. The van der Waals surface area contributed by atoms with Crippen molar-refractivity contribution in [2.75, 3.05) is 18.5 Å². The standard InChI is InChI=1S/C18H20N2O5S/c1-3-13-10-14(18(23)24-4-2)17(26-13)19-15(21)11-25-20-16(22)12-8-6-5-7-9-12/h5-10H,3-4,11H2,1-2H3,(H,19,21)(H,20,22). The van der Waals surface area contributed by atoms with Gasteiger partial charge in [-0.25, -0.2) is 10.3 Å². The van der Waals surface area contributed by atoms with Gasteiger partial charge in [-0.2, -0.15) is 0 Å². The number of anilines is 1. The highest BCUT2D eigenvalue weighted by Gasteiger charge is 2.18. The SMILES string of the molecule is CCOC(=O)c1cc(CC)sc1NC(=O)CONC(=O)c1ccccc1. The summed E-state index contributed by atoms with van der Waals surface area (Å²) in [6.45, 7) is 3.53. The van der Waals surface area contributed by atoms with Crippen LogP contribution in [0.2, 0.25) is 0 Å². The van der Waals surface area contributed by atoms with E-state index in [4.69, 9.17) is 9.57 Å². The van der Waals surface area contributed by atoms with Crippen LogP contribution in [0.1, 0.15) is 39.4 Å². The van der Waals surface area contributed by atoms with E-state index in [1.165, 1.54) is 11.3 Å². The minimum Gasteiger partial charge on any atom is -0.462 e. The molecule has 0 fully saturated rings. The smallest absolute Gasteiger partial charge is 0.341 e. The van der Waals surface area contributed by atoms with Gasteiger partial charge in [-0.15, -0.1) is 11.3 Å². The fourth-order valence-electron chi connectivity index (χ4n) is 2.05. The normalized spacial score (nSPS) is 10.2. The summed E-state index contributed by atoms with van der Waals surface area (Å²) in [5.74, 6) is -1.43. The molecular weight excluding hydrogens is 356 g/mol. The van der Waals surface area contributed by atoms with Crippen LogP contribution in [0, 0.1) is 0 Å². The van der Waals surface area contributed by atoms with E-state index in [0.717, 1.165) is 11.3 Å². The maximum atomic E-state index is 12.0. The molecule has 0 aliphatic heterocycles. The summed E-state index contributed by atoms with van der Waals surface area (Å²) in [5.41, 5.74) is 2.94. The molecule has 2 amide bonds. The number of ether oxygens (including phenoxy) is 1. The van der Waals surface area contributed by atoms with Crippen molar-refractivity contribution in [1.82, 2.24) is 5.48 Å². The van der Waals surface area contributed by atoms with Crippen LogP contribution >= 0.6 is 11.3 Å². The third-order valence-electron chi connectivity index (χ3n) is 3.28. The quantitative estimate of drug-likeness (QED) is 0.546. The van der Waals surface area contributed by atoms with E-state index in [9.17, 15) is 14.4 Å². The zero-order valence-electron chi connectivity index (χ0n) is 14.5. The van der Waals surface area contributed by atoms with Crippen LogP contribution in [0.15, 0.2) is 36.4 Å². The average molecular weight is 376 g/mol. The highest BCUT2D eigenvalue weighted by atomic mass is 32.1. The number of carbonyl (C=O) groups excluding carboxylic acids is 3. The number of aryl methyl sites for hydroxylation is 1. The van der Waals surface area contributed by atoms with Crippen molar-refractivity contribution in [1.29, 1.82) is 0 Å². The van der Waals surface area contributed by atoms with E-state index in [1.807, 2.05) is 6.92 Å². The largest absolute Gasteiger partial charge is 0.462 e. The molecule has 0 saturated heterocycles. The van der Waals surface area contributed by atoms with E-state index in [2.05, 4.69) is 10.8 Å². The summed E-state index contributed by atoms with van der Waals surface area (Å²) in [6.07, 6.45) is 0.733. The molecule has 2 rings (SSSR count). The molecular formula is C18H20N2O5S. The number of amides is 2. The third kappa shape index (κ3) is 5.40. The summed E-state index contributed by atoms with van der Waals surface area (Å²) in [6, 6.07) is 10.2. The van der Waals surface area contributed by atoms with Crippen molar-refractivity contribution in [3.63, 3.8) is 0 Å². The van der Waals surface area contributed by atoms with Gasteiger partial charge in [0.15, 0.2) is 6.61 Å². The monoisotopic (exact) mass is 376 g/mol. The molecule has 1 heterocycles. The van der Waals surface area contributed by atoms with E-state index >= 15 is 0 Å². The minimum absolute atomic E-state index is 0.248. The molecule has 0 spiro atoms. The highest BCUT2D eigenvalue weighted by Crippen LogP contribution is 2.29. The van der Waals surface area contributed by atoms with Gasteiger partial charge in [0.2, 0.25) is 0 Å². The van der Waals surface area contributed by atoms with Gasteiger partial charge < -0.3 is 10.1 Å². The second kappa shape index (κ2) is 9.69. The summed E-state index contributed by atoms with van der Waals surface area (Å²) in [5, 5.41) is 3.03. The molecule has 0 aliphatic rings. The van der Waals surface area contributed by atoms with E-state index in [1.54, 1.807) is 43.3 Å². The Morgan fingerprint density at radius 2 is 1.85 bits per heavy atom. The van der Waals surface area contributed by atoms with Crippen molar-refractivity contribution in [2.45, 2.75) is 20.3 Å². The molecule has 1 aromatic heterocycles. The Labute approximate surface area is 155 Å². The van der Waals surface area contributed by atoms with Crippen molar-refractivity contribution >= 4 is 34.1 Å². The molecule has 0 aliphatic carbocycles. The van der Waals surface area contributed by atoms with Crippen LogP contribution in [-0.2, 0) is 20.8 Å². The Balaban J connectivity index is 1.90. The lowest BCUT2D eigenvalue weighted by Crippen LogP contribution is -2.29. The van der Waals surface area contributed by atoms with Gasteiger partial charge in [0, 0.05) is 10.4 Å². The van der Waals surface area contributed by atoms with E-state index in [-0.39, 0.29) is 13.2 Å². The number of esters is 1. The minimum atomic E-state index is -0.492. The molecule has 0 bridgehead atoms. The lowest BCUT2D eigenvalue weighted by atomic mass is 10.2. The summed E-state index contributed by atoms with van der Waals surface area (Å²) in [4.78, 5) is 41.7. The van der Waals surface area contributed by atoms with Crippen molar-refractivity contribution in [3.05, 3.63) is 52.4 Å². The second-order valence-corrected chi connectivity index (χ2v) is 6.30. The third-order valence-corrected chi connectivity index (χ3v) is 4.48. The first-order chi connectivity index (χ1) is 12.5. The summed E-state index contributed by atoms with van der Waals surface area (Å²) in [7, 11) is 0. The first-order valence-electron chi connectivity index (χ1n) is 8.12. The first-order valence-corrected chi connectivity index (χ1v) is 8.93. The molecule has 1 aromatic carbocycles. The lowest BCUT2D eigenvalue weighted by molar-refractivity contribution is -0.122. The molecule has 8 heteroatoms. The molecule has 0 unspecified atom stereocenters. The first kappa shape index (κ1) is 19.6. The van der Waals surface area contributed by atoms with Crippen LogP contribution in [-0.4, -0.2) is 31.0 Å². The predicted octanol–water partition coefficient (Wildman–Crippen LogP) is 2.79. The molecule has 0 saturated carbocycles. The van der Waals surface area contributed by atoms with Gasteiger partial charge >= 0.3 is 5.97 Å². The molecule has 138 valence electrons. The maximum absolute atomic E-state index is 12.0. The number of carbonyl (C=O) groups is 3. The van der Waals surface area contributed by atoms with Crippen LogP contribution in [0.3, 0.4) is 0 Å². The summed E-state index contributed by atoms with van der Waals surface area (Å²) >= 11 is 1.30. The number of hydrogen-bond donors (Lipinski definition) is 2. The van der Waals surface area contributed by atoms with Gasteiger partial charge in [-0.05, 0) is 31.5 Å². The summed E-state index contributed by atoms with van der Waals surface area (Å²) < 4.78 is 5.00. The number of rotatable bonds is 8. The molecule has 0 radical (unpaired) electrons. The van der Waals surface area contributed by atoms with Gasteiger partial charge in [-0.3, -0.25) is 14.4 Å². The van der Waals surface area contributed by atoms with Crippen LogP contribution in [0.5, 0.6) is 0 Å². The topological polar surface area (TPSA) is 93.7 Å². The Morgan fingerprint density at radius 1 is 1.12 bits per heavy atom. The van der Waals surface area contributed by atoms with E-state index in [0.29, 0.717) is 16.1 Å². The van der Waals surface area contributed by atoms with E-state index < -0.39 is 17.8 Å². The predicted molar refractivity (Wildman–Crippen MR) is 98.1 cm³/mol. The van der Waals surface area contributed by atoms with Gasteiger partial charge in [0.25, 0.3) is 11.8 Å². The van der Waals surface area contributed by atoms with Gasteiger partial charge in [-0.1, -0.05) is 25.1 Å². The Morgan fingerprint density at radius 3 is 2.50 bits per heavy atom. The molecule has 2 N–H and O–H groups in total. The number of nitrogens with one attached hydrogen (secondary N) is 2. The number of hydrogen-bond acceptors (Lipinski definition) is 6. The van der Waals surface area contributed by atoms with Crippen molar-refractivity contribution in [2.24, 2.45) is 0 Å². The zero-order valence-corrected chi connectivity index (χ0v) is 15.4. The van der Waals surface area contributed by atoms with Gasteiger partial charge in [0.05, 0.1) is 12.2 Å². The van der Waals surface area contributed by atoms with Crippen LogP contribution in [0.25, 0.3) is 0 Å². The Hall–Kier alpha value is -2.71. The fourth-order valence-corrected chi connectivity index (χ4v) is 3.05. The highest BCUT2D eigenvalue weighted by molar-refractivity contribution is 7.16. The molecule has 26 heavy (non-hydrogen) atoms. The molecule has 2 aromatic rings. The number of hydroxylamine groups is 1. The number of benzene rings is 1. The second-order valence-electron chi connectivity index (χ2n) is 5.16. The van der Waals surface area contributed by atoms with Crippen molar-refractivity contribution in [3.8, 4) is 0 Å². The van der Waals surface area contributed by atoms with Crippen molar-refractivity contribution < 1.29 is 24.0 Å². The Kier molecular flexibility index (Phi) is 7.31. The fraction of sp³-hybridized carbons (Fsp3) is 0.278. The van der Waals surface area contributed by atoms with Crippen LogP contribution < -0.4 is 10.8 Å². The average Bonchev–Trinajstić information content (AvgIpc) is 3.05. The van der Waals surface area contributed by atoms with Crippen LogP contribution in [0.4, 0.5) is 5.00 Å². The molecule has 0 atom stereocenters. The maximum Gasteiger partial charge on any atom is 0.341 e. The Bertz CT molecular complexity index is 773. The lowest BCUT2D eigenvalue weighted by Gasteiger charge is -2.07. The molecule has 7 nitrogen and oxygen atoms in total. The van der Waals surface area contributed by atoms with Gasteiger partial charge in [0.1, 0.15) is 5.00 Å².